The monoisotopic (exact) mass is 295 g/mol. The van der Waals surface area contributed by atoms with Gasteiger partial charge in [0.1, 0.15) is 17.3 Å². The number of carbonyl (C=O) groups excluding carboxylic acids is 1. The van der Waals surface area contributed by atoms with Gasteiger partial charge >= 0.3 is 0 Å². The van der Waals surface area contributed by atoms with Gasteiger partial charge in [-0.15, -0.1) is 0 Å². The van der Waals surface area contributed by atoms with E-state index in [0.29, 0.717) is 30.1 Å². The molecule has 22 heavy (non-hydrogen) atoms. The molecule has 0 radical (unpaired) electrons. The molecule has 5 heteroatoms. The van der Waals surface area contributed by atoms with E-state index in [2.05, 4.69) is 15.3 Å². The van der Waals surface area contributed by atoms with Crippen LogP contribution in [0.15, 0.2) is 59.4 Å². The van der Waals surface area contributed by atoms with Crippen molar-refractivity contribution in [3.05, 3.63) is 71.4 Å². The minimum Gasteiger partial charge on any atom is -0.309 e. The summed E-state index contributed by atoms with van der Waals surface area (Å²) in [5, 5.41) is 2.73. The van der Waals surface area contributed by atoms with Gasteiger partial charge < -0.3 is 5.32 Å². The number of aryl methyl sites for hydroxylation is 1. The SMILES string of the molecule is O=C1NC(CCc2cccc(F)c2)=N/C1=C/c1ccccn1. The van der Waals surface area contributed by atoms with E-state index in [-0.39, 0.29) is 11.7 Å². The van der Waals surface area contributed by atoms with E-state index in [1.54, 1.807) is 24.4 Å². The Labute approximate surface area is 127 Å². The summed E-state index contributed by atoms with van der Waals surface area (Å²) in [5.41, 5.74) is 1.90. The Morgan fingerprint density at radius 1 is 1.14 bits per heavy atom. The first-order valence-electron chi connectivity index (χ1n) is 6.97. The van der Waals surface area contributed by atoms with Crippen LogP contribution in [-0.4, -0.2) is 16.7 Å². The Bertz CT molecular complexity index is 754. The van der Waals surface area contributed by atoms with E-state index >= 15 is 0 Å². The first-order chi connectivity index (χ1) is 10.7. The van der Waals surface area contributed by atoms with Crippen LogP contribution in [0.5, 0.6) is 0 Å². The van der Waals surface area contributed by atoms with Gasteiger partial charge in [0, 0.05) is 12.6 Å². The third kappa shape index (κ3) is 3.44. The third-order valence-electron chi connectivity index (χ3n) is 3.26. The lowest BCUT2D eigenvalue weighted by Crippen LogP contribution is -2.24. The molecule has 1 aliphatic heterocycles. The summed E-state index contributed by atoms with van der Waals surface area (Å²) in [6.07, 6.45) is 4.47. The number of pyridine rings is 1. The summed E-state index contributed by atoms with van der Waals surface area (Å²) in [6.45, 7) is 0. The maximum atomic E-state index is 13.1. The van der Waals surface area contributed by atoms with E-state index in [1.807, 2.05) is 18.2 Å². The van der Waals surface area contributed by atoms with Gasteiger partial charge in [-0.2, -0.15) is 0 Å². The predicted octanol–water partition coefficient (Wildman–Crippen LogP) is 2.72. The average Bonchev–Trinajstić information content (AvgIpc) is 2.87. The molecule has 1 amide bonds. The summed E-state index contributed by atoms with van der Waals surface area (Å²) < 4.78 is 13.1. The molecular weight excluding hydrogens is 281 g/mol. The molecule has 0 atom stereocenters. The molecule has 0 bridgehead atoms. The minimum atomic E-state index is -0.259. The average molecular weight is 295 g/mol. The smallest absolute Gasteiger partial charge is 0.275 e. The van der Waals surface area contributed by atoms with Crippen LogP contribution in [0.1, 0.15) is 17.7 Å². The summed E-state index contributed by atoms with van der Waals surface area (Å²) in [4.78, 5) is 20.3. The van der Waals surface area contributed by atoms with Crippen LogP contribution in [0.3, 0.4) is 0 Å². The molecule has 0 saturated heterocycles. The number of carbonyl (C=O) groups is 1. The topological polar surface area (TPSA) is 54.4 Å². The normalized spacial score (nSPS) is 15.8. The number of amides is 1. The first-order valence-corrected chi connectivity index (χ1v) is 6.97. The standard InChI is InChI=1S/C17H14FN3O/c18-13-5-3-4-12(10-13)7-8-16-20-15(17(22)21-16)11-14-6-1-2-9-19-14/h1-6,9-11H,7-8H2,(H,20,21,22)/b15-11+. The van der Waals surface area contributed by atoms with Crippen molar-refractivity contribution in [1.82, 2.24) is 10.3 Å². The van der Waals surface area contributed by atoms with E-state index in [9.17, 15) is 9.18 Å². The number of hydrogen-bond donors (Lipinski definition) is 1. The summed E-state index contributed by atoms with van der Waals surface area (Å²) in [7, 11) is 0. The Hall–Kier alpha value is -2.82. The molecule has 4 nitrogen and oxygen atoms in total. The van der Waals surface area contributed by atoms with Crippen LogP contribution >= 0.6 is 0 Å². The second-order valence-corrected chi connectivity index (χ2v) is 4.93. The van der Waals surface area contributed by atoms with Gasteiger partial charge in [0.15, 0.2) is 0 Å². The van der Waals surface area contributed by atoms with Gasteiger partial charge in [0.25, 0.3) is 5.91 Å². The van der Waals surface area contributed by atoms with Gasteiger partial charge in [0.05, 0.1) is 5.69 Å². The lowest BCUT2D eigenvalue weighted by molar-refractivity contribution is -0.115. The van der Waals surface area contributed by atoms with Crippen LogP contribution in [0, 0.1) is 5.82 Å². The van der Waals surface area contributed by atoms with E-state index < -0.39 is 0 Å². The van der Waals surface area contributed by atoms with Crippen molar-refractivity contribution >= 4 is 17.8 Å². The zero-order chi connectivity index (χ0) is 15.4. The molecule has 2 aromatic rings. The lowest BCUT2D eigenvalue weighted by Gasteiger charge is -2.01. The Balaban J connectivity index is 1.69. The van der Waals surface area contributed by atoms with Crippen molar-refractivity contribution in [2.75, 3.05) is 0 Å². The first kappa shape index (κ1) is 14.1. The molecule has 3 rings (SSSR count). The van der Waals surface area contributed by atoms with Gasteiger partial charge in [-0.1, -0.05) is 18.2 Å². The zero-order valence-electron chi connectivity index (χ0n) is 11.8. The van der Waals surface area contributed by atoms with Crippen molar-refractivity contribution in [1.29, 1.82) is 0 Å². The quantitative estimate of drug-likeness (QED) is 0.882. The second kappa shape index (κ2) is 6.30. The molecule has 0 saturated carbocycles. The fourth-order valence-electron chi connectivity index (χ4n) is 2.19. The van der Waals surface area contributed by atoms with Crippen molar-refractivity contribution in [2.45, 2.75) is 12.8 Å². The van der Waals surface area contributed by atoms with Crippen molar-refractivity contribution < 1.29 is 9.18 Å². The fourth-order valence-corrected chi connectivity index (χ4v) is 2.19. The molecule has 0 spiro atoms. The molecule has 0 unspecified atom stereocenters. The highest BCUT2D eigenvalue weighted by atomic mass is 19.1. The number of hydrogen-bond acceptors (Lipinski definition) is 3. The lowest BCUT2D eigenvalue weighted by atomic mass is 10.1. The van der Waals surface area contributed by atoms with Gasteiger partial charge in [0.2, 0.25) is 0 Å². The van der Waals surface area contributed by atoms with Gasteiger partial charge in [-0.05, 0) is 42.3 Å². The van der Waals surface area contributed by atoms with Crippen molar-refractivity contribution in [3.63, 3.8) is 0 Å². The predicted molar refractivity (Wildman–Crippen MR) is 82.5 cm³/mol. The molecule has 2 heterocycles. The molecule has 1 aromatic carbocycles. The Kier molecular flexibility index (Phi) is 4.05. The number of aromatic nitrogens is 1. The molecule has 1 aliphatic rings. The number of halogens is 1. The van der Waals surface area contributed by atoms with E-state index in [1.165, 1.54) is 12.1 Å². The number of nitrogens with zero attached hydrogens (tertiary/aromatic N) is 2. The summed E-state index contributed by atoms with van der Waals surface area (Å²) in [6, 6.07) is 11.9. The number of benzene rings is 1. The number of aliphatic imine (C=N–C) groups is 1. The van der Waals surface area contributed by atoms with Crippen LogP contribution in [0.25, 0.3) is 6.08 Å². The van der Waals surface area contributed by atoms with Crippen LogP contribution in [-0.2, 0) is 11.2 Å². The van der Waals surface area contributed by atoms with E-state index in [0.717, 1.165) is 5.56 Å². The van der Waals surface area contributed by atoms with Crippen LogP contribution in [0.4, 0.5) is 4.39 Å². The van der Waals surface area contributed by atoms with Crippen molar-refractivity contribution in [2.24, 2.45) is 4.99 Å². The minimum absolute atomic E-state index is 0.236. The Morgan fingerprint density at radius 2 is 2.05 bits per heavy atom. The van der Waals surface area contributed by atoms with Gasteiger partial charge in [-0.25, -0.2) is 9.38 Å². The number of rotatable bonds is 4. The van der Waals surface area contributed by atoms with E-state index in [4.69, 9.17) is 0 Å². The molecule has 1 aromatic heterocycles. The zero-order valence-corrected chi connectivity index (χ0v) is 11.8. The molecular formula is C17H14FN3O. The molecule has 0 fully saturated rings. The highest BCUT2D eigenvalue weighted by Crippen LogP contribution is 2.13. The molecule has 110 valence electrons. The second-order valence-electron chi connectivity index (χ2n) is 4.93. The Morgan fingerprint density at radius 3 is 2.82 bits per heavy atom. The number of amidine groups is 1. The number of nitrogens with one attached hydrogen (secondary N) is 1. The highest BCUT2D eigenvalue weighted by Gasteiger charge is 2.19. The maximum Gasteiger partial charge on any atom is 0.275 e. The molecule has 0 aliphatic carbocycles. The van der Waals surface area contributed by atoms with Crippen molar-refractivity contribution in [3.8, 4) is 0 Å². The van der Waals surface area contributed by atoms with Crippen LogP contribution < -0.4 is 5.32 Å². The summed E-state index contributed by atoms with van der Waals surface area (Å²) >= 11 is 0. The van der Waals surface area contributed by atoms with Crippen LogP contribution in [0.2, 0.25) is 0 Å². The highest BCUT2D eigenvalue weighted by molar-refractivity contribution is 6.14. The fraction of sp³-hybridized carbons (Fsp3) is 0.118. The third-order valence-corrected chi connectivity index (χ3v) is 3.26. The summed E-state index contributed by atoms with van der Waals surface area (Å²) in [5.74, 6) is 0.0990. The van der Waals surface area contributed by atoms with Gasteiger partial charge in [-0.3, -0.25) is 9.78 Å². The largest absolute Gasteiger partial charge is 0.309 e. The molecule has 1 N–H and O–H groups in total. The maximum absolute atomic E-state index is 13.1.